The third-order valence-electron chi connectivity index (χ3n) is 4.23. The van der Waals surface area contributed by atoms with Crippen LogP contribution >= 0.6 is 0 Å². The Balaban J connectivity index is 1.73. The molecule has 0 aliphatic carbocycles. The first kappa shape index (κ1) is 17.9. The molecule has 0 amide bonds. The molecule has 1 unspecified atom stereocenters. The predicted octanol–water partition coefficient (Wildman–Crippen LogP) is 1.61. The molecule has 3 rings (SSSR count). The van der Waals surface area contributed by atoms with Crippen molar-refractivity contribution in [3.8, 4) is 11.5 Å². The van der Waals surface area contributed by atoms with E-state index in [0.717, 1.165) is 19.6 Å². The number of hydrogen-bond acceptors (Lipinski definition) is 7. The first-order chi connectivity index (χ1) is 12.2. The lowest BCUT2D eigenvalue weighted by atomic mass is 10.1. The van der Waals surface area contributed by atoms with Gasteiger partial charge in [-0.15, -0.1) is 0 Å². The lowest BCUT2D eigenvalue weighted by Gasteiger charge is -2.30. The Kier molecular flexibility index (Phi) is 6.09. The lowest BCUT2D eigenvalue weighted by molar-refractivity contribution is 0.0604. The van der Waals surface area contributed by atoms with E-state index >= 15 is 0 Å². The molecule has 1 aliphatic rings. The van der Waals surface area contributed by atoms with Gasteiger partial charge in [-0.2, -0.15) is 4.98 Å². The number of benzene rings is 1. The fourth-order valence-corrected chi connectivity index (χ4v) is 2.72. The van der Waals surface area contributed by atoms with Gasteiger partial charge in [-0.25, -0.2) is 4.39 Å². The molecule has 1 fully saturated rings. The molecule has 0 bridgehead atoms. The molecule has 8 heteroatoms. The van der Waals surface area contributed by atoms with Crippen LogP contribution < -0.4 is 5.32 Å². The van der Waals surface area contributed by atoms with E-state index in [9.17, 15) is 4.39 Å². The minimum absolute atomic E-state index is 0.0727. The van der Waals surface area contributed by atoms with Gasteiger partial charge in [-0.1, -0.05) is 5.16 Å². The molecule has 1 saturated heterocycles. The van der Waals surface area contributed by atoms with Gasteiger partial charge < -0.3 is 19.3 Å². The van der Waals surface area contributed by atoms with E-state index in [1.165, 1.54) is 6.07 Å². The molecule has 1 atom stereocenters. The van der Waals surface area contributed by atoms with Crippen molar-refractivity contribution in [3.05, 3.63) is 35.4 Å². The summed E-state index contributed by atoms with van der Waals surface area (Å²) in [4.78, 5) is 6.68. The summed E-state index contributed by atoms with van der Waals surface area (Å²) < 4.78 is 29.7. The van der Waals surface area contributed by atoms with Crippen molar-refractivity contribution < 1.29 is 18.4 Å². The molecule has 1 aromatic heterocycles. The number of methoxy groups -OCH3 is 1. The van der Waals surface area contributed by atoms with Crippen LogP contribution in [-0.2, 0) is 16.1 Å². The van der Waals surface area contributed by atoms with Crippen LogP contribution in [0.2, 0.25) is 0 Å². The second-order valence-corrected chi connectivity index (χ2v) is 6.01. The van der Waals surface area contributed by atoms with Crippen LogP contribution in [0.3, 0.4) is 0 Å². The summed E-state index contributed by atoms with van der Waals surface area (Å²) in [5.74, 6) is 0.691. The van der Waals surface area contributed by atoms with Gasteiger partial charge in [0.2, 0.25) is 0 Å². The maximum atomic E-state index is 13.9. The Morgan fingerprint density at radius 3 is 3.08 bits per heavy atom. The molecule has 25 heavy (non-hydrogen) atoms. The summed E-state index contributed by atoms with van der Waals surface area (Å²) in [5.41, 5.74) is 1.13. The monoisotopic (exact) mass is 350 g/mol. The number of nitrogens with one attached hydrogen (secondary N) is 1. The van der Waals surface area contributed by atoms with Crippen molar-refractivity contribution in [1.82, 2.24) is 20.4 Å². The first-order valence-corrected chi connectivity index (χ1v) is 8.29. The Morgan fingerprint density at radius 1 is 1.40 bits per heavy atom. The molecule has 0 spiro atoms. The van der Waals surface area contributed by atoms with Gasteiger partial charge in [0.1, 0.15) is 5.82 Å². The fraction of sp³-hybridized carbons (Fsp3) is 0.529. The molecular weight excluding hydrogens is 327 g/mol. The van der Waals surface area contributed by atoms with Gasteiger partial charge in [-0.05, 0) is 25.2 Å². The maximum Gasteiger partial charge on any atom is 0.257 e. The summed E-state index contributed by atoms with van der Waals surface area (Å²) in [5, 5.41) is 7.42. The van der Waals surface area contributed by atoms with E-state index in [4.69, 9.17) is 14.0 Å². The second kappa shape index (κ2) is 8.48. The number of halogens is 1. The average molecular weight is 350 g/mol. The topological polar surface area (TPSA) is 72.7 Å². The average Bonchev–Trinajstić information content (AvgIpc) is 3.10. The lowest BCUT2D eigenvalue weighted by Crippen LogP contribution is -2.44. The highest BCUT2D eigenvalue weighted by atomic mass is 19.1. The zero-order chi connectivity index (χ0) is 17.6. The Hall–Kier alpha value is -1.87. The van der Waals surface area contributed by atoms with Crippen molar-refractivity contribution in [2.75, 3.05) is 47.0 Å². The van der Waals surface area contributed by atoms with Gasteiger partial charge in [0.15, 0.2) is 5.82 Å². The van der Waals surface area contributed by atoms with Crippen molar-refractivity contribution in [2.24, 2.45) is 0 Å². The van der Waals surface area contributed by atoms with Crippen LogP contribution in [0.5, 0.6) is 0 Å². The Morgan fingerprint density at radius 2 is 2.28 bits per heavy atom. The number of rotatable bonds is 7. The van der Waals surface area contributed by atoms with Crippen molar-refractivity contribution in [1.29, 1.82) is 0 Å². The quantitative estimate of drug-likeness (QED) is 0.761. The van der Waals surface area contributed by atoms with E-state index in [2.05, 4.69) is 20.4 Å². The van der Waals surface area contributed by atoms with Gasteiger partial charge in [-0.3, -0.25) is 4.90 Å². The van der Waals surface area contributed by atoms with E-state index < -0.39 is 0 Å². The molecule has 0 radical (unpaired) electrons. The number of ether oxygens (including phenoxy) is 2. The van der Waals surface area contributed by atoms with Crippen LogP contribution in [0.15, 0.2) is 22.7 Å². The molecule has 7 nitrogen and oxygen atoms in total. The molecule has 2 heterocycles. The number of hydrogen-bond donors (Lipinski definition) is 1. The first-order valence-electron chi connectivity index (χ1n) is 8.29. The van der Waals surface area contributed by atoms with Crippen LogP contribution in [0.4, 0.5) is 4.39 Å². The van der Waals surface area contributed by atoms with Gasteiger partial charge >= 0.3 is 0 Å². The SMILES string of the molecule is COCCOCc1cc(-c2nc(C3CNCCN3C)no2)ccc1F. The summed E-state index contributed by atoms with van der Waals surface area (Å²) in [6.07, 6.45) is 0. The van der Waals surface area contributed by atoms with Crippen molar-refractivity contribution >= 4 is 0 Å². The largest absolute Gasteiger partial charge is 0.382 e. The van der Waals surface area contributed by atoms with Gasteiger partial charge in [0.25, 0.3) is 5.89 Å². The van der Waals surface area contributed by atoms with Gasteiger partial charge in [0, 0.05) is 37.9 Å². The number of piperazine rings is 1. The van der Waals surface area contributed by atoms with E-state index in [1.54, 1.807) is 19.2 Å². The number of likely N-dealkylation sites (N-methyl/N-ethyl adjacent to an activating group) is 1. The van der Waals surface area contributed by atoms with Gasteiger partial charge in [0.05, 0.1) is 25.9 Å². The normalized spacial score (nSPS) is 18.6. The molecule has 1 aliphatic heterocycles. The zero-order valence-electron chi connectivity index (χ0n) is 14.5. The Labute approximate surface area is 146 Å². The molecule has 1 aromatic carbocycles. The minimum Gasteiger partial charge on any atom is -0.382 e. The second-order valence-electron chi connectivity index (χ2n) is 6.01. The number of aromatic nitrogens is 2. The summed E-state index contributed by atoms with van der Waals surface area (Å²) in [6.45, 7) is 3.69. The maximum absolute atomic E-state index is 13.9. The number of nitrogens with zero attached hydrogens (tertiary/aromatic N) is 3. The summed E-state index contributed by atoms with van der Waals surface area (Å²) in [6, 6.07) is 4.78. The predicted molar refractivity (Wildman–Crippen MR) is 89.5 cm³/mol. The summed E-state index contributed by atoms with van der Waals surface area (Å²) in [7, 11) is 3.63. The highest BCUT2D eigenvalue weighted by Gasteiger charge is 2.25. The van der Waals surface area contributed by atoms with Crippen molar-refractivity contribution in [3.63, 3.8) is 0 Å². The van der Waals surface area contributed by atoms with Crippen LogP contribution in [0, 0.1) is 5.82 Å². The fourth-order valence-electron chi connectivity index (χ4n) is 2.72. The minimum atomic E-state index is -0.322. The van der Waals surface area contributed by atoms with Crippen molar-refractivity contribution in [2.45, 2.75) is 12.6 Å². The molecule has 0 saturated carbocycles. The van der Waals surface area contributed by atoms with Crippen LogP contribution in [-0.4, -0.2) is 62.0 Å². The Bertz CT molecular complexity index is 694. The highest BCUT2D eigenvalue weighted by Crippen LogP contribution is 2.24. The smallest absolute Gasteiger partial charge is 0.257 e. The third-order valence-corrected chi connectivity index (χ3v) is 4.23. The molecule has 136 valence electrons. The standard InChI is InChI=1S/C17H23FN4O3/c1-22-6-5-19-10-15(22)16-20-17(25-21-16)12-3-4-14(18)13(9-12)11-24-8-7-23-2/h3-4,9,15,19H,5-8,10-11H2,1-2H3. The highest BCUT2D eigenvalue weighted by molar-refractivity contribution is 5.54. The third kappa shape index (κ3) is 4.40. The molecule has 1 N–H and O–H groups in total. The molecular formula is C17H23FN4O3. The van der Waals surface area contributed by atoms with Crippen LogP contribution in [0.25, 0.3) is 11.5 Å². The van der Waals surface area contributed by atoms with Crippen LogP contribution in [0.1, 0.15) is 17.4 Å². The van der Waals surface area contributed by atoms with E-state index in [1.807, 2.05) is 7.05 Å². The van der Waals surface area contributed by atoms with E-state index in [-0.39, 0.29) is 18.5 Å². The van der Waals surface area contributed by atoms with E-state index in [0.29, 0.717) is 36.1 Å². The molecule has 2 aromatic rings. The summed E-state index contributed by atoms with van der Waals surface area (Å²) >= 11 is 0. The zero-order valence-corrected chi connectivity index (χ0v) is 14.5.